The first-order valence-corrected chi connectivity index (χ1v) is 12.2. The van der Waals surface area contributed by atoms with Crippen molar-refractivity contribution in [1.29, 1.82) is 0 Å². The van der Waals surface area contributed by atoms with E-state index in [2.05, 4.69) is 79.4 Å². The van der Waals surface area contributed by atoms with Crippen molar-refractivity contribution in [1.82, 2.24) is 0 Å². The van der Waals surface area contributed by atoms with Crippen LogP contribution in [0.1, 0.15) is 12.5 Å². The quantitative estimate of drug-likeness (QED) is 0.210. The molecule has 0 fully saturated rings. The molecular weight excluding hydrogens is 439 g/mol. The van der Waals surface area contributed by atoms with Gasteiger partial charge in [-0.05, 0) is 78.4 Å². The van der Waals surface area contributed by atoms with Crippen LogP contribution in [0, 0.1) is 0 Å². The molecule has 0 aromatic heterocycles. The molecule has 5 aromatic carbocycles. The Labute approximate surface area is 211 Å². The van der Waals surface area contributed by atoms with Crippen molar-refractivity contribution < 1.29 is 10.0 Å². The van der Waals surface area contributed by atoms with Crippen LogP contribution in [0.4, 0.5) is 0 Å². The van der Waals surface area contributed by atoms with E-state index in [-0.39, 0.29) is 0 Å². The Morgan fingerprint density at radius 2 is 1.42 bits per heavy atom. The van der Waals surface area contributed by atoms with Crippen molar-refractivity contribution in [2.24, 2.45) is 0 Å². The average Bonchev–Trinajstić information content (AvgIpc) is 3.23. The lowest BCUT2D eigenvalue weighted by molar-refractivity contribution is 0.426. The van der Waals surface area contributed by atoms with E-state index in [1.165, 1.54) is 27.5 Å². The van der Waals surface area contributed by atoms with Crippen LogP contribution in [0.3, 0.4) is 0 Å². The van der Waals surface area contributed by atoms with Gasteiger partial charge in [0.1, 0.15) is 0 Å². The first-order valence-electron chi connectivity index (χ1n) is 12.2. The number of rotatable bonds is 5. The van der Waals surface area contributed by atoms with E-state index in [9.17, 15) is 10.0 Å². The average molecular weight is 464 g/mol. The van der Waals surface area contributed by atoms with E-state index in [0.717, 1.165) is 38.6 Å². The molecule has 0 heterocycles. The molecule has 172 valence electrons. The molecular formula is C33H25BO2. The summed E-state index contributed by atoms with van der Waals surface area (Å²) in [6.07, 6.45) is 8.10. The van der Waals surface area contributed by atoms with Crippen LogP contribution >= 0.6 is 0 Å². The minimum absolute atomic E-state index is 0.520. The highest BCUT2D eigenvalue weighted by Gasteiger charge is 2.31. The van der Waals surface area contributed by atoms with Crippen LogP contribution in [0.2, 0.25) is 0 Å². The van der Waals surface area contributed by atoms with Crippen LogP contribution in [0.5, 0.6) is 0 Å². The molecule has 5 aromatic rings. The third kappa shape index (κ3) is 3.21. The van der Waals surface area contributed by atoms with E-state index in [1.807, 2.05) is 43.3 Å². The summed E-state index contributed by atoms with van der Waals surface area (Å²) in [5.74, 6) is 0. The Kier molecular flexibility index (Phi) is 5.45. The Bertz CT molecular complexity index is 1730. The summed E-state index contributed by atoms with van der Waals surface area (Å²) in [5, 5.41) is 24.6. The van der Waals surface area contributed by atoms with E-state index < -0.39 is 7.12 Å². The number of hydrogen-bond donors (Lipinski definition) is 2. The van der Waals surface area contributed by atoms with E-state index in [0.29, 0.717) is 5.46 Å². The van der Waals surface area contributed by atoms with Crippen LogP contribution in [0.15, 0.2) is 116 Å². The molecule has 36 heavy (non-hydrogen) atoms. The van der Waals surface area contributed by atoms with Gasteiger partial charge in [-0.2, -0.15) is 0 Å². The summed E-state index contributed by atoms with van der Waals surface area (Å²) < 4.78 is 0. The minimum Gasteiger partial charge on any atom is -0.423 e. The van der Waals surface area contributed by atoms with Gasteiger partial charge in [-0.3, -0.25) is 0 Å². The lowest BCUT2D eigenvalue weighted by Gasteiger charge is -2.20. The SMILES string of the molecule is C=C/C=C(\C=C/C)c1c2c(c(-c3ccccc3)c3ccccc13)-c1ccc(B(O)O)c3cccc-2c13. The van der Waals surface area contributed by atoms with Crippen LogP contribution in [0.25, 0.3) is 60.5 Å². The molecule has 6 rings (SSSR count). The third-order valence-corrected chi connectivity index (χ3v) is 7.10. The van der Waals surface area contributed by atoms with Crippen LogP contribution < -0.4 is 5.46 Å². The largest absolute Gasteiger partial charge is 0.489 e. The summed E-state index contributed by atoms with van der Waals surface area (Å²) in [6.45, 7) is 6.02. The maximum Gasteiger partial charge on any atom is 0.489 e. The predicted octanol–water partition coefficient (Wildman–Crippen LogP) is 7.13. The van der Waals surface area contributed by atoms with Gasteiger partial charge < -0.3 is 10.0 Å². The van der Waals surface area contributed by atoms with Gasteiger partial charge in [-0.15, -0.1) is 0 Å². The molecule has 3 heteroatoms. The topological polar surface area (TPSA) is 40.5 Å². The minimum atomic E-state index is -1.54. The van der Waals surface area contributed by atoms with E-state index in [1.54, 1.807) is 0 Å². The van der Waals surface area contributed by atoms with Crippen molar-refractivity contribution in [2.45, 2.75) is 6.92 Å². The Balaban J connectivity index is 1.90. The summed E-state index contributed by atoms with van der Waals surface area (Å²) in [5.41, 5.74) is 9.69. The molecule has 2 nitrogen and oxygen atoms in total. The van der Waals surface area contributed by atoms with E-state index in [4.69, 9.17) is 0 Å². The fourth-order valence-electron chi connectivity index (χ4n) is 5.78. The Hall–Kier alpha value is -4.18. The molecule has 0 aliphatic heterocycles. The lowest BCUT2D eigenvalue weighted by atomic mass is 9.76. The smallest absolute Gasteiger partial charge is 0.423 e. The second kappa shape index (κ2) is 8.80. The molecule has 1 aliphatic rings. The zero-order valence-electron chi connectivity index (χ0n) is 20.1. The number of benzene rings is 5. The number of fused-ring (bicyclic) bond motifs is 4. The van der Waals surface area contributed by atoms with Gasteiger partial charge in [0.15, 0.2) is 0 Å². The molecule has 0 radical (unpaired) electrons. The molecule has 0 amide bonds. The first kappa shape index (κ1) is 22.3. The summed E-state index contributed by atoms with van der Waals surface area (Å²) in [7, 11) is -1.54. The molecule has 0 saturated carbocycles. The maximum absolute atomic E-state index is 10.1. The van der Waals surface area contributed by atoms with Crippen molar-refractivity contribution in [3.05, 3.63) is 121 Å². The first-order chi connectivity index (χ1) is 17.7. The fraction of sp³-hybridized carbons (Fsp3) is 0.0303. The van der Waals surface area contributed by atoms with Crippen LogP contribution in [-0.4, -0.2) is 17.2 Å². The van der Waals surface area contributed by atoms with Crippen molar-refractivity contribution in [3.63, 3.8) is 0 Å². The highest BCUT2D eigenvalue weighted by molar-refractivity contribution is 6.62. The zero-order chi connectivity index (χ0) is 24.8. The number of allylic oxidation sites excluding steroid dienone is 5. The monoisotopic (exact) mass is 464 g/mol. The lowest BCUT2D eigenvalue weighted by Crippen LogP contribution is -2.30. The molecule has 0 spiro atoms. The Morgan fingerprint density at radius 1 is 0.722 bits per heavy atom. The van der Waals surface area contributed by atoms with Crippen molar-refractivity contribution >= 4 is 39.7 Å². The molecule has 0 bridgehead atoms. The second-order valence-electron chi connectivity index (χ2n) is 9.07. The molecule has 2 N–H and O–H groups in total. The van der Waals surface area contributed by atoms with Gasteiger partial charge >= 0.3 is 7.12 Å². The Morgan fingerprint density at radius 3 is 2.14 bits per heavy atom. The normalized spacial score (nSPS) is 12.5. The molecule has 0 unspecified atom stereocenters. The van der Waals surface area contributed by atoms with E-state index >= 15 is 0 Å². The van der Waals surface area contributed by atoms with Gasteiger partial charge in [0.25, 0.3) is 0 Å². The maximum atomic E-state index is 10.1. The van der Waals surface area contributed by atoms with Crippen molar-refractivity contribution in [3.8, 4) is 33.4 Å². The summed E-state index contributed by atoms with van der Waals surface area (Å²) in [4.78, 5) is 0. The van der Waals surface area contributed by atoms with Gasteiger partial charge in [0.2, 0.25) is 0 Å². The van der Waals surface area contributed by atoms with Gasteiger partial charge in [-0.25, -0.2) is 0 Å². The third-order valence-electron chi connectivity index (χ3n) is 7.10. The standard InChI is InChI=1S/C33H25BO2/c1-3-11-21(12-4-2)29-23-15-8-9-16-24(23)30(22-13-6-5-7-14-22)33-27-19-20-28(34(35)36)25-17-10-18-26(31(25)27)32(29)33/h3-20,35-36H,1H2,2H3/b12-4-,21-11+. The fourth-order valence-corrected chi connectivity index (χ4v) is 5.78. The molecule has 1 aliphatic carbocycles. The highest BCUT2D eigenvalue weighted by atomic mass is 16.4. The van der Waals surface area contributed by atoms with Gasteiger partial charge in [0.05, 0.1) is 0 Å². The van der Waals surface area contributed by atoms with Gasteiger partial charge in [0, 0.05) is 0 Å². The van der Waals surface area contributed by atoms with Gasteiger partial charge in [-0.1, -0.05) is 116 Å². The highest BCUT2D eigenvalue weighted by Crippen LogP contribution is 2.56. The molecule has 0 atom stereocenters. The summed E-state index contributed by atoms with van der Waals surface area (Å²) >= 11 is 0. The number of hydrogen-bond acceptors (Lipinski definition) is 2. The molecule has 0 saturated heterocycles. The summed E-state index contributed by atoms with van der Waals surface area (Å²) in [6, 6.07) is 29.2. The zero-order valence-corrected chi connectivity index (χ0v) is 20.1. The van der Waals surface area contributed by atoms with Crippen LogP contribution in [-0.2, 0) is 0 Å². The predicted molar refractivity (Wildman–Crippen MR) is 154 cm³/mol. The second-order valence-corrected chi connectivity index (χ2v) is 9.07. The van der Waals surface area contributed by atoms with Crippen molar-refractivity contribution in [2.75, 3.05) is 0 Å².